The van der Waals surface area contributed by atoms with Crippen LogP contribution in [-0.2, 0) is 0 Å². The number of hydrogen-bond donors (Lipinski definition) is 1. The van der Waals surface area contributed by atoms with E-state index in [0.29, 0.717) is 22.0 Å². The summed E-state index contributed by atoms with van der Waals surface area (Å²) in [7, 11) is 3.74. The number of alkyl halides is 3. The van der Waals surface area contributed by atoms with Crippen LogP contribution in [0.2, 0.25) is 0 Å². The summed E-state index contributed by atoms with van der Waals surface area (Å²) >= 11 is 0. The van der Waals surface area contributed by atoms with Crippen LogP contribution in [0.3, 0.4) is 0 Å². The van der Waals surface area contributed by atoms with E-state index in [2.05, 4.69) is 9.72 Å². The molecule has 0 aliphatic heterocycles. The van der Waals surface area contributed by atoms with Crippen molar-refractivity contribution in [2.45, 2.75) is 6.36 Å². The van der Waals surface area contributed by atoms with Gasteiger partial charge < -0.3 is 14.6 Å². The number of benzene rings is 2. The fourth-order valence-electron chi connectivity index (χ4n) is 2.54. The average Bonchev–Trinajstić information content (AvgIpc) is 2.53. The summed E-state index contributed by atoms with van der Waals surface area (Å²) in [6.45, 7) is 0. The monoisotopic (exact) mass is 348 g/mol. The maximum atomic E-state index is 12.4. The topological polar surface area (TPSA) is 45.3 Å². The van der Waals surface area contributed by atoms with Crippen molar-refractivity contribution in [1.82, 2.24) is 4.98 Å². The molecule has 0 spiro atoms. The van der Waals surface area contributed by atoms with E-state index in [-0.39, 0.29) is 11.3 Å². The van der Waals surface area contributed by atoms with Crippen LogP contribution in [-0.4, -0.2) is 25.4 Å². The minimum Gasteiger partial charge on any atom is -0.406 e. The van der Waals surface area contributed by atoms with Crippen LogP contribution in [0.5, 0.6) is 5.75 Å². The van der Waals surface area contributed by atoms with Crippen molar-refractivity contribution >= 4 is 16.5 Å². The lowest BCUT2D eigenvalue weighted by Crippen LogP contribution is -2.17. The molecule has 0 fully saturated rings. The average molecular weight is 348 g/mol. The van der Waals surface area contributed by atoms with Gasteiger partial charge in [0.05, 0.1) is 0 Å². The van der Waals surface area contributed by atoms with Gasteiger partial charge in [0.15, 0.2) is 0 Å². The van der Waals surface area contributed by atoms with Gasteiger partial charge in [-0.25, -0.2) is 0 Å². The number of rotatable bonds is 3. The van der Waals surface area contributed by atoms with E-state index in [1.54, 1.807) is 24.3 Å². The Morgan fingerprint density at radius 1 is 1.04 bits per heavy atom. The molecule has 2 aromatic carbocycles. The summed E-state index contributed by atoms with van der Waals surface area (Å²) in [5, 5.41) is 1.21. The third-order valence-corrected chi connectivity index (χ3v) is 3.72. The first-order valence-corrected chi connectivity index (χ1v) is 7.43. The van der Waals surface area contributed by atoms with Crippen molar-refractivity contribution in [1.29, 1.82) is 0 Å². The van der Waals surface area contributed by atoms with Crippen LogP contribution in [0, 0.1) is 0 Å². The smallest absolute Gasteiger partial charge is 0.406 e. The number of nitrogens with one attached hydrogen (secondary N) is 1. The molecule has 0 aliphatic carbocycles. The molecule has 7 heteroatoms. The number of anilines is 1. The second-order valence-electron chi connectivity index (χ2n) is 5.75. The lowest BCUT2D eigenvalue weighted by molar-refractivity contribution is -0.274. The Morgan fingerprint density at radius 2 is 1.80 bits per heavy atom. The Morgan fingerprint density at radius 3 is 2.48 bits per heavy atom. The molecular formula is C18H15F3N2O2. The SMILES string of the molecule is CN(C)c1ccc2cc(-c3cccc(OC(F)(F)F)c3)[nH]c(=O)c2c1. The second kappa shape index (κ2) is 6.16. The van der Waals surface area contributed by atoms with Crippen molar-refractivity contribution in [3.63, 3.8) is 0 Å². The molecule has 0 unspecified atom stereocenters. The van der Waals surface area contributed by atoms with Gasteiger partial charge in [0.2, 0.25) is 0 Å². The lowest BCUT2D eigenvalue weighted by atomic mass is 10.1. The quantitative estimate of drug-likeness (QED) is 0.773. The van der Waals surface area contributed by atoms with E-state index in [1.807, 2.05) is 25.1 Å². The third kappa shape index (κ3) is 3.76. The highest BCUT2D eigenvalue weighted by atomic mass is 19.4. The zero-order chi connectivity index (χ0) is 18.2. The number of aromatic amines is 1. The van der Waals surface area contributed by atoms with Crippen molar-refractivity contribution in [3.05, 3.63) is 58.9 Å². The van der Waals surface area contributed by atoms with E-state index in [9.17, 15) is 18.0 Å². The molecule has 3 aromatic rings. The van der Waals surface area contributed by atoms with Gasteiger partial charge in [-0.05, 0) is 35.7 Å². The summed E-state index contributed by atoms with van der Waals surface area (Å²) in [6, 6.07) is 12.7. The van der Waals surface area contributed by atoms with Gasteiger partial charge >= 0.3 is 6.36 Å². The fourth-order valence-corrected chi connectivity index (χ4v) is 2.54. The molecule has 3 rings (SSSR count). The van der Waals surface area contributed by atoms with Crippen LogP contribution in [0.1, 0.15) is 0 Å². The zero-order valence-corrected chi connectivity index (χ0v) is 13.5. The Balaban J connectivity index is 2.06. The zero-order valence-electron chi connectivity index (χ0n) is 13.5. The van der Waals surface area contributed by atoms with E-state index in [1.165, 1.54) is 18.2 Å². The van der Waals surface area contributed by atoms with E-state index >= 15 is 0 Å². The summed E-state index contributed by atoms with van der Waals surface area (Å²) in [6.07, 6.45) is -4.77. The van der Waals surface area contributed by atoms with Gasteiger partial charge in [-0.3, -0.25) is 4.79 Å². The third-order valence-electron chi connectivity index (χ3n) is 3.72. The lowest BCUT2D eigenvalue weighted by Gasteiger charge is -2.13. The first-order chi connectivity index (χ1) is 11.7. The van der Waals surface area contributed by atoms with Gasteiger partial charge in [0.1, 0.15) is 5.75 Å². The van der Waals surface area contributed by atoms with Crippen molar-refractivity contribution in [2.75, 3.05) is 19.0 Å². The van der Waals surface area contributed by atoms with Crippen molar-refractivity contribution < 1.29 is 17.9 Å². The van der Waals surface area contributed by atoms with Gasteiger partial charge in [-0.1, -0.05) is 18.2 Å². The molecule has 0 bridgehead atoms. The molecule has 0 amide bonds. The van der Waals surface area contributed by atoms with Crippen LogP contribution in [0.25, 0.3) is 22.0 Å². The van der Waals surface area contributed by atoms with Crippen molar-refractivity contribution in [3.8, 4) is 17.0 Å². The first-order valence-electron chi connectivity index (χ1n) is 7.43. The first kappa shape index (κ1) is 16.9. The minimum absolute atomic E-state index is 0.307. The molecule has 1 aromatic heterocycles. The van der Waals surface area contributed by atoms with E-state index in [4.69, 9.17) is 0 Å². The largest absolute Gasteiger partial charge is 0.573 e. The van der Waals surface area contributed by atoms with Crippen LogP contribution in [0.15, 0.2) is 53.3 Å². The number of halogens is 3. The standard InChI is InChI=1S/C18H15F3N2O2/c1-23(2)13-7-6-11-9-16(22-17(24)15(11)10-13)12-4-3-5-14(8-12)25-18(19,20)21/h3-10H,1-2H3,(H,22,24). The minimum atomic E-state index is -4.77. The Hall–Kier alpha value is -2.96. The van der Waals surface area contributed by atoms with Crippen molar-refractivity contribution in [2.24, 2.45) is 0 Å². The van der Waals surface area contributed by atoms with Gasteiger partial charge in [0.25, 0.3) is 5.56 Å². The summed E-state index contributed by atoms with van der Waals surface area (Å²) in [5.41, 5.74) is 1.42. The molecule has 0 atom stereocenters. The van der Waals surface area contributed by atoms with Gasteiger partial charge in [-0.2, -0.15) is 0 Å². The molecule has 1 heterocycles. The highest BCUT2D eigenvalue weighted by Gasteiger charge is 2.31. The van der Waals surface area contributed by atoms with E-state index in [0.717, 1.165) is 5.69 Å². The molecule has 130 valence electrons. The summed E-state index contributed by atoms with van der Waals surface area (Å²) < 4.78 is 41.0. The molecular weight excluding hydrogens is 333 g/mol. The molecule has 4 nitrogen and oxygen atoms in total. The number of pyridine rings is 1. The normalized spacial score (nSPS) is 11.6. The Bertz CT molecular complexity index is 978. The molecule has 0 aliphatic rings. The van der Waals surface area contributed by atoms with Crippen LogP contribution in [0.4, 0.5) is 18.9 Å². The number of nitrogens with zero attached hydrogens (tertiary/aromatic N) is 1. The predicted octanol–water partition coefficient (Wildman–Crippen LogP) is 4.16. The van der Waals surface area contributed by atoms with Crippen LogP contribution >= 0.6 is 0 Å². The van der Waals surface area contributed by atoms with Gasteiger partial charge in [0, 0.05) is 36.4 Å². The molecule has 0 saturated carbocycles. The number of ether oxygens (including phenoxy) is 1. The molecule has 1 N–H and O–H groups in total. The maximum absolute atomic E-state index is 12.4. The molecule has 0 radical (unpaired) electrons. The Labute approximate surface area is 141 Å². The Kier molecular flexibility index (Phi) is 4.16. The van der Waals surface area contributed by atoms with Crippen LogP contribution < -0.4 is 15.2 Å². The highest BCUT2D eigenvalue weighted by Crippen LogP contribution is 2.28. The molecule has 25 heavy (non-hydrogen) atoms. The van der Waals surface area contributed by atoms with Gasteiger partial charge in [-0.15, -0.1) is 13.2 Å². The summed E-state index contributed by atoms with van der Waals surface area (Å²) in [5.74, 6) is -0.339. The fraction of sp³-hybridized carbons (Fsp3) is 0.167. The second-order valence-corrected chi connectivity index (χ2v) is 5.75. The predicted molar refractivity (Wildman–Crippen MR) is 91.0 cm³/mol. The maximum Gasteiger partial charge on any atom is 0.573 e. The summed E-state index contributed by atoms with van der Waals surface area (Å²) in [4.78, 5) is 17.0. The number of aromatic nitrogens is 1. The highest BCUT2D eigenvalue weighted by molar-refractivity contribution is 5.88. The molecule has 0 saturated heterocycles. The number of hydrogen-bond acceptors (Lipinski definition) is 3. The van der Waals surface area contributed by atoms with E-state index < -0.39 is 6.36 Å². The number of fused-ring (bicyclic) bond motifs is 1. The number of H-pyrrole nitrogens is 1.